The third-order valence-corrected chi connectivity index (χ3v) is 9.89. The molecule has 0 bridgehead atoms. The number of ether oxygens (including phenoxy) is 1. The molecule has 0 radical (unpaired) electrons. The van der Waals surface area contributed by atoms with Crippen molar-refractivity contribution in [2.45, 2.75) is 69.7 Å². The zero-order valence-electron chi connectivity index (χ0n) is 21.0. The number of aliphatic hydroxyl groups is 2. The maximum atomic E-state index is 17.1. The largest absolute Gasteiger partial charge is 0.454 e. The number of esters is 1. The lowest BCUT2D eigenvalue weighted by atomic mass is 9.44. The summed E-state index contributed by atoms with van der Waals surface area (Å²) in [6, 6.07) is 0. The van der Waals surface area contributed by atoms with Crippen LogP contribution in [0.5, 0.6) is 0 Å². The number of halogens is 1. The first-order valence-corrected chi connectivity index (χ1v) is 12.7. The van der Waals surface area contributed by atoms with Crippen LogP contribution in [0.4, 0.5) is 4.39 Å². The molecule has 0 aromatic carbocycles. The molecule has 1 aliphatic heterocycles. The lowest BCUT2D eigenvalue weighted by Crippen LogP contribution is -2.69. The second-order valence-corrected chi connectivity index (χ2v) is 11.6. The van der Waals surface area contributed by atoms with Gasteiger partial charge in [0.05, 0.1) is 11.7 Å². The summed E-state index contributed by atoms with van der Waals surface area (Å²) in [5.74, 6) is -2.36. The van der Waals surface area contributed by atoms with Crippen molar-refractivity contribution in [3.8, 4) is 0 Å². The topological polar surface area (TPSA) is 104 Å². The van der Waals surface area contributed by atoms with Crippen molar-refractivity contribution >= 4 is 17.5 Å². The first kappa shape index (κ1) is 25.1. The van der Waals surface area contributed by atoms with Gasteiger partial charge in [-0.15, -0.1) is 0 Å². The molecule has 0 aromatic rings. The van der Waals surface area contributed by atoms with Crippen molar-refractivity contribution < 1.29 is 33.7 Å². The molecule has 0 amide bonds. The van der Waals surface area contributed by atoms with Gasteiger partial charge in [0, 0.05) is 36.4 Å². The van der Waals surface area contributed by atoms with E-state index in [2.05, 4.69) is 0 Å². The predicted octanol–water partition coefficient (Wildman–Crippen LogP) is 2.93. The minimum Gasteiger partial charge on any atom is -0.454 e. The van der Waals surface area contributed by atoms with Crippen LogP contribution in [0, 0.1) is 22.7 Å². The molecule has 4 aliphatic carbocycles. The smallest absolute Gasteiger partial charge is 0.336 e. The molecular weight excluding hydrogens is 465 g/mol. The summed E-state index contributed by atoms with van der Waals surface area (Å²) in [6.07, 6.45) is 10.0. The van der Waals surface area contributed by atoms with Crippen LogP contribution < -0.4 is 0 Å². The number of carbonyl (C=O) groups is 3. The summed E-state index contributed by atoms with van der Waals surface area (Å²) in [5, 5.41) is 23.1. The molecule has 5 aliphatic rings. The first-order valence-electron chi connectivity index (χ1n) is 12.7. The summed E-state index contributed by atoms with van der Waals surface area (Å²) < 4.78 is 22.4. The number of nitrogens with zero attached hydrogens (tertiary/aromatic N) is 1. The predicted molar refractivity (Wildman–Crippen MR) is 129 cm³/mol. The number of rotatable bonds is 4. The van der Waals surface area contributed by atoms with E-state index in [1.807, 2.05) is 12.3 Å². The summed E-state index contributed by atoms with van der Waals surface area (Å²) in [6.45, 7) is 2.90. The van der Waals surface area contributed by atoms with Crippen molar-refractivity contribution in [2.75, 3.05) is 13.7 Å². The van der Waals surface area contributed by atoms with Crippen LogP contribution >= 0.6 is 0 Å². The zero-order valence-corrected chi connectivity index (χ0v) is 21.0. The van der Waals surface area contributed by atoms with Crippen molar-refractivity contribution in [1.29, 1.82) is 0 Å². The van der Waals surface area contributed by atoms with Crippen molar-refractivity contribution in [1.82, 2.24) is 4.90 Å². The highest BCUT2D eigenvalue weighted by Gasteiger charge is 2.74. The van der Waals surface area contributed by atoms with E-state index in [0.29, 0.717) is 36.8 Å². The van der Waals surface area contributed by atoms with E-state index >= 15 is 4.39 Å². The molecule has 36 heavy (non-hydrogen) atoms. The van der Waals surface area contributed by atoms with Crippen LogP contribution in [0.3, 0.4) is 0 Å². The van der Waals surface area contributed by atoms with Gasteiger partial charge >= 0.3 is 5.97 Å². The molecule has 1 heterocycles. The number of allylic oxidation sites excluding steroid dienone is 5. The van der Waals surface area contributed by atoms with E-state index in [-0.39, 0.29) is 24.5 Å². The summed E-state index contributed by atoms with van der Waals surface area (Å²) in [4.78, 5) is 39.5. The van der Waals surface area contributed by atoms with Crippen LogP contribution in [0.1, 0.15) is 52.4 Å². The highest BCUT2D eigenvalue weighted by atomic mass is 19.1. The quantitative estimate of drug-likeness (QED) is 0.573. The summed E-state index contributed by atoms with van der Waals surface area (Å²) in [7, 11) is 1.78. The van der Waals surface area contributed by atoms with Gasteiger partial charge < -0.3 is 19.8 Å². The van der Waals surface area contributed by atoms with Gasteiger partial charge in [-0.2, -0.15) is 0 Å². The van der Waals surface area contributed by atoms with E-state index in [1.165, 1.54) is 12.2 Å². The van der Waals surface area contributed by atoms with Crippen LogP contribution in [-0.2, 0) is 19.1 Å². The SMILES string of the molecule is CN1C=CCC(C(=O)OCC(=O)[C@@]2(O)CC[C@H]3[C@@H]4CCC5=CC(=O)C=C[C@]5(C)[C@@]4(F)[C@@H](O)C[C@@]32C)=C1. The molecule has 194 valence electrons. The Hall–Kier alpha value is -2.58. The number of alkyl halides is 1. The third kappa shape index (κ3) is 3.26. The van der Waals surface area contributed by atoms with Gasteiger partial charge in [-0.1, -0.05) is 24.6 Å². The van der Waals surface area contributed by atoms with Crippen molar-refractivity contribution in [3.63, 3.8) is 0 Å². The lowest BCUT2D eigenvalue weighted by molar-refractivity contribution is -0.217. The molecular formula is C28H34FNO6. The Kier molecular flexibility index (Phi) is 5.72. The van der Waals surface area contributed by atoms with Crippen LogP contribution in [-0.4, -0.2) is 63.7 Å². The number of carbonyl (C=O) groups excluding carboxylic acids is 3. The Balaban J connectivity index is 1.38. The second kappa shape index (κ2) is 8.21. The number of hydrogen-bond acceptors (Lipinski definition) is 7. The molecule has 3 saturated carbocycles. The highest BCUT2D eigenvalue weighted by molar-refractivity contribution is 6.01. The maximum Gasteiger partial charge on any atom is 0.336 e. The Morgan fingerprint density at radius 1 is 1.25 bits per heavy atom. The van der Waals surface area contributed by atoms with Crippen LogP contribution in [0.25, 0.3) is 0 Å². The fourth-order valence-electron chi connectivity index (χ4n) is 7.84. The Bertz CT molecular complexity index is 1140. The van der Waals surface area contributed by atoms with E-state index < -0.39 is 52.5 Å². The van der Waals surface area contributed by atoms with Gasteiger partial charge in [-0.05, 0) is 63.3 Å². The van der Waals surface area contributed by atoms with Crippen molar-refractivity contribution in [2.24, 2.45) is 22.7 Å². The lowest BCUT2D eigenvalue weighted by Gasteiger charge is -2.62. The monoisotopic (exact) mass is 499 g/mol. The minimum atomic E-state index is -2.02. The van der Waals surface area contributed by atoms with E-state index in [0.717, 1.165) is 0 Å². The van der Waals surface area contributed by atoms with Gasteiger partial charge in [-0.3, -0.25) is 9.59 Å². The average molecular weight is 500 g/mol. The van der Waals surface area contributed by atoms with Crippen LogP contribution in [0.15, 0.2) is 47.9 Å². The molecule has 0 aromatic heterocycles. The normalized spacial score (nSPS) is 43.2. The molecule has 0 saturated heterocycles. The van der Waals surface area contributed by atoms with Gasteiger partial charge in [-0.25, -0.2) is 9.18 Å². The molecule has 7 atom stereocenters. The molecule has 0 unspecified atom stereocenters. The van der Waals surface area contributed by atoms with Gasteiger partial charge in [0.1, 0.15) is 5.60 Å². The molecule has 7 nitrogen and oxygen atoms in total. The number of fused-ring (bicyclic) bond motifs is 5. The minimum absolute atomic E-state index is 0.105. The Morgan fingerprint density at radius 2 is 2.00 bits per heavy atom. The summed E-state index contributed by atoms with van der Waals surface area (Å²) in [5.41, 5.74) is -4.97. The van der Waals surface area contributed by atoms with E-state index in [1.54, 1.807) is 38.1 Å². The third-order valence-electron chi connectivity index (χ3n) is 9.89. The number of hydrogen-bond donors (Lipinski definition) is 2. The molecule has 5 rings (SSSR count). The van der Waals surface area contributed by atoms with Gasteiger partial charge in [0.15, 0.2) is 18.1 Å². The van der Waals surface area contributed by atoms with Crippen LogP contribution in [0.2, 0.25) is 0 Å². The first-order chi connectivity index (χ1) is 16.9. The maximum absolute atomic E-state index is 17.1. The molecule has 3 fully saturated rings. The molecule has 2 N–H and O–H groups in total. The highest BCUT2D eigenvalue weighted by Crippen LogP contribution is 2.69. The molecule has 0 spiro atoms. The fraction of sp³-hybridized carbons (Fsp3) is 0.607. The average Bonchev–Trinajstić information content (AvgIpc) is 3.10. The zero-order chi connectivity index (χ0) is 26.1. The number of Topliss-reactive ketones (excluding diaryl/α,β-unsaturated/α-hetero) is 1. The van der Waals surface area contributed by atoms with E-state index in [9.17, 15) is 24.6 Å². The van der Waals surface area contributed by atoms with Gasteiger partial charge in [0.25, 0.3) is 0 Å². The number of aliphatic hydroxyl groups excluding tert-OH is 1. The molecule has 8 heteroatoms. The number of ketones is 2. The Morgan fingerprint density at radius 3 is 2.72 bits per heavy atom. The fourth-order valence-corrected chi connectivity index (χ4v) is 7.84. The Labute approximate surface area is 210 Å². The summed E-state index contributed by atoms with van der Waals surface area (Å²) >= 11 is 0. The van der Waals surface area contributed by atoms with Crippen molar-refractivity contribution in [3.05, 3.63) is 47.9 Å². The second-order valence-electron chi connectivity index (χ2n) is 11.6. The van der Waals surface area contributed by atoms with Gasteiger partial charge in [0.2, 0.25) is 5.78 Å². The standard InChI is InChI=1S/C28H34FNO6/c1-25-10-8-19(31)13-18(25)6-7-21-20-9-11-27(35,26(20,2)14-22(32)28(21,25)29)23(33)16-36-24(34)17-5-4-12-30(3)15-17/h4,8,10,12-13,15,20-22,32,35H,5-7,9,11,14,16H2,1-3H3/t20-,21-,22-,25-,26-,27-,28-/m0/s1. The van der Waals surface area contributed by atoms with E-state index in [4.69, 9.17) is 4.74 Å².